The Morgan fingerprint density at radius 1 is 1.09 bits per heavy atom. The van der Waals surface area contributed by atoms with Crippen molar-refractivity contribution in [2.75, 3.05) is 50.7 Å². The summed E-state index contributed by atoms with van der Waals surface area (Å²) >= 11 is 0. The summed E-state index contributed by atoms with van der Waals surface area (Å²) in [5, 5.41) is 16.2. The van der Waals surface area contributed by atoms with Gasteiger partial charge in [0.25, 0.3) is 0 Å². The minimum atomic E-state index is -0.340. The molecular formula is C23H31FIN5O2. The fraction of sp³-hybridized carbons (Fsp3) is 0.391. The molecule has 1 heterocycles. The molecule has 1 amide bonds. The zero-order valence-corrected chi connectivity index (χ0v) is 20.6. The number of hydrogen-bond donors (Lipinski definition) is 3. The second kappa shape index (κ2) is 13.1. The molecule has 0 atom stereocenters. The zero-order chi connectivity index (χ0) is 22.1. The van der Waals surface area contributed by atoms with Gasteiger partial charge in [-0.05, 0) is 36.8 Å². The Morgan fingerprint density at radius 3 is 2.53 bits per heavy atom. The minimum absolute atomic E-state index is 0. The lowest BCUT2D eigenvalue weighted by molar-refractivity contribution is -0.120. The molecule has 1 fully saturated rings. The second-order valence-electron chi connectivity index (χ2n) is 7.36. The Bertz CT molecular complexity index is 903. The first-order valence-corrected chi connectivity index (χ1v) is 10.6. The van der Waals surface area contributed by atoms with Crippen molar-refractivity contribution in [2.24, 2.45) is 4.99 Å². The quantitative estimate of drug-likeness (QED) is 0.212. The van der Waals surface area contributed by atoms with E-state index in [0.717, 1.165) is 44.4 Å². The number of phenols is 1. The van der Waals surface area contributed by atoms with Gasteiger partial charge in [-0.25, -0.2) is 4.39 Å². The normalized spacial score (nSPS) is 14.0. The highest BCUT2D eigenvalue weighted by Gasteiger charge is 2.21. The monoisotopic (exact) mass is 555 g/mol. The van der Waals surface area contributed by atoms with Crippen LogP contribution in [0, 0.1) is 5.82 Å². The Hall–Kier alpha value is -2.56. The Kier molecular flexibility index (Phi) is 10.5. The molecule has 0 saturated carbocycles. The number of nitrogens with one attached hydrogen (secondary N) is 2. The van der Waals surface area contributed by atoms with Crippen LogP contribution in [0.15, 0.2) is 53.5 Å². The van der Waals surface area contributed by atoms with Crippen LogP contribution < -0.4 is 15.5 Å². The van der Waals surface area contributed by atoms with Crippen molar-refractivity contribution in [3.8, 4) is 5.75 Å². The van der Waals surface area contributed by atoms with Gasteiger partial charge in [-0.2, -0.15) is 0 Å². The third kappa shape index (κ3) is 7.54. The molecule has 174 valence electrons. The SMILES string of the molecule is CCNC(=NCCNC(=O)Cc1cccc(F)c1)N1CCN(c2ccccc2O)CC1.I. The second-order valence-corrected chi connectivity index (χ2v) is 7.36. The summed E-state index contributed by atoms with van der Waals surface area (Å²) in [5.74, 6) is 0.624. The molecule has 1 aliphatic rings. The number of guanidine groups is 1. The van der Waals surface area contributed by atoms with Gasteiger partial charge >= 0.3 is 0 Å². The maximum absolute atomic E-state index is 13.2. The van der Waals surface area contributed by atoms with Crippen molar-refractivity contribution in [3.63, 3.8) is 0 Å². The lowest BCUT2D eigenvalue weighted by Gasteiger charge is -2.37. The smallest absolute Gasteiger partial charge is 0.224 e. The van der Waals surface area contributed by atoms with Crippen LogP contribution in [0.25, 0.3) is 0 Å². The van der Waals surface area contributed by atoms with Crippen LogP contribution in [0.2, 0.25) is 0 Å². The summed E-state index contributed by atoms with van der Waals surface area (Å²) in [6.45, 7) is 6.79. The fourth-order valence-corrected chi connectivity index (χ4v) is 3.57. The maximum Gasteiger partial charge on any atom is 0.224 e. The fourth-order valence-electron chi connectivity index (χ4n) is 3.57. The zero-order valence-electron chi connectivity index (χ0n) is 18.3. The summed E-state index contributed by atoms with van der Waals surface area (Å²) in [6, 6.07) is 13.4. The predicted molar refractivity (Wildman–Crippen MR) is 136 cm³/mol. The van der Waals surface area contributed by atoms with Crippen molar-refractivity contribution in [3.05, 3.63) is 59.9 Å². The molecule has 2 aromatic rings. The average molecular weight is 555 g/mol. The van der Waals surface area contributed by atoms with E-state index in [2.05, 4.69) is 25.4 Å². The van der Waals surface area contributed by atoms with Gasteiger partial charge in [-0.3, -0.25) is 9.79 Å². The van der Waals surface area contributed by atoms with Gasteiger partial charge in [0.15, 0.2) is 5.96 Å². The van der Waals surface area contributed by atoms with Crippen LogP contribution in [-0.4, -0.2) is 67.7 Å². The number of benzene rings is 2. The molecule has 9 heteroatoms. The molecule has 3 rings (SSSR count). The van der Waals surface area contributed by atoms with Crippen molar-refractivity contribution >= 4 is 41.5 Å². The van der Waals surface area contributed by atoms with Crippen molar-refractivity contribution < 1.29 is 14.3 Å². The highest BCUT2D eigenvalue weighted by molar-refractivity contribution is 14.0. The van der Waals surface area contributed by atoms with E-state index in [-0.39, 0.29) is 42.1 Å². The van der Waals surface area contributed by atoms with E-state index >= 15 is 0 Å². The summed E-state index contributed by atoms with van der Waals surface area (Å²) in [5.41, 5.74) is 1.50. The summed E-state index contributed by atoms with van der Waals surface area (Å²) < 4.78 is 13.2. The molecule has 32 heavy (non-hydrogen) atoms. The van der Waals surface area contributed by atoms with E-state index < -0.39 is 0 Å². The number of anilines is 1. The van der Waals surface area contributed by atoms with Gasteiger partial charge in [0.05, 0.1) is 18.7 Å². The molecule has 1 saturated heterocycles. The first-order valence-electron chi connectivity index (χ1n) is 10.6. The number of nitrogens with zero attached hydrogens (tertiary/aromatic N) is 3. The number of hydrogen-bond acceptors (Lipinski definition) is 4. The van der Waals surface area contributed by atoms with E-state index in [9.17, 15) is 14.3 Å². The molecule has 0 bridgehead atoms. The van der Waals surface area contributed by atoms with Crippen LogP contribution in [-0.2, 0) is 11.2 Å². The van der Waals surface area contributed by atoms with Gasteiger partial charge in [0, 0.05) is 39.3 Å². The van der Waals surface area contributed by atoms with Crippen LogP contribution in [0.1, 0.15) is 12.5 Å². The minimum Gasteiger partial charge on any atom is -0.506 e. The van der Waals surface area contributed by atoms with E-state index in [1.165, 1.54) is 12.1 Å². The molecular weight excluding hydrogens is 524 g/mol. The number of carbonyl (C=O) groups is 1. The van der Waals surface area contributed by atoms with Gasteiger partial charge in [-0.1, -0.05) is 24.3 Å². The number of para-hydroxylation sites is 2. The first-order chi connectivity index (χ1) is 15.1. The molecule has 2 aromatic carbocycles. The number of phenolic OH excluding ortho intramolecular Hbond substituents is 1. The van der Waals surface area contributed by atoms with Crippen molar-refractivity contribution in [1.82, 2.24) is 15.5 Å². The number of carbonyl (C=O) groups excluding carboxylic acids is 1. The van der Waals surface area contributed by atoms with Gasteiger partial charge in [-0.15, -0.1) is 24.0 Å². The Balaban J connectivity index is 0.00000363. The summed E-state index contributed by atoms with van der Waals surface area (Å²) in [7, 11) is 0. The van der Waals surface area contributed by atoms with Crippen LogP contribution in [0.4, 0.5) is 10.1 Å². The molecule has 0 unspecified atom stereocenters. The molecule has 0 aliphatic carbocycles. The third-order valence-electron chi connectivity index (χ3n) is 5.09. The molecule has 0 spiro atoms. The average Bonchev–Trinajstić information content (AvgIpc) is 2.76. The molecule has 0 aromatic heterocycles. The lowest BCUT2D eigenvalue weighted by Crippen LogP contribution is -2.52. The standard InChI is InChI=1S/C23H30FN5O2.HI/c1-2-25-23(27-11-10-26-22(31)17-18-6-5-7-19(24)16-18)29-14-12-28(13-15-29)20-8-3-4-9-21(20)30;/h3-9,16,30H,2,10-15,17H2,1H3,(H,25,27)(H,26,31);1H. The number of amides is 1. The molecule has 1 aliphatic heterocycles. The lowest BCUT2D eigenvalue weighted by atomic mass is 10.1. The number of piperazine rings is 1. The number of rotatable bonds is 7. The maximum atomic E-state index is 13.2. The summed E-state index contributed by atoms with van der Waals surface area (Å²) in [6.07, 6.45) is 0.149. The van der Waals surface area contributed by atoms with Crippen LogP contribution in [0.3, 0.4) is 0 Å². The Labute approximate surface area is 205 Å². The first kappa shape index (κ1) is 25.7. The number of aliphatic imine (C=N–C) groups is 1. The van der Waals surface area contributed by atoms with Crippen LogP contribution >= 0.6 is 24.0 Å². The molecule has 7 nitrogen and oxygen atoms in total. The molecule has 0 radical (unpaired) electrons. The highest BCUT2D eigenvalue weighted by Crippen LogP contribution is 2.27. The largest absolute Gasteiger partial charge is 0.506 e. The van der Waals surface area contributed by atoms with Crippen molar-refractivity contribution in [2.45, 2.75) is 13.3 Å². The molecule has 3 N–H and O–H groups in total. The predicted octanol–water partition coefficient (Wildman–Crippen LogP) is 2.60. The van der Waals surface area contributed by atoms with Gasteiger partial charge in [0.2, 0.25) is 5.91 Å². The topological polar surface area (TPSA) is 80.2 Å². The van der Waals surface area contributed by atoms with Crippen LogP contribution in [0.5, 0.6) is 5.75 Å². The number of aromatic hydroxyl groups is 1. The van der Waals surface area contributed by atoms with Crippen molar-refractivity contribution in [1.29, 1.82) is 0 Å². The van der Waals surface area contributed by atoms with Gasteiger partial charge < -0.3 is 25.5 Å². The highest BCUT2D eigenvalue weighted by atomic mass is 127. The van der Waals surface area contributed by atoms with E-state index in [1.807, 2.05) is 25.1 Å². The van der Waals surface area contributed by atoms with E-state index in [4.69, 9.17) is 0 Å². The summed E-state index contributed by atoms with van der Waals surface area (Å²) in [4.78, 5) is 21.1. The Morgan fingerprint density at radius 2 is 1.84 bits per heavy atom. The van der Waals surface area contributed by atoms with Gasteiger partial charge in [0.1, 0.15) is 11.6 Å². The third-order valence-corrected chi connectivity index (χ3v) is 5.09. The van der Waals surface area contributed by atoms with E-state index in [1.54, 1.807) is 18.2 Å². The number of halogens is 2. The van der Waals surface area contributed by atoms with E-state index in [0.29, 0.717) is 24.4 Å².